The fraction of sp³-hybridized carbons (Fsp3) is 1.00. The highest BCUT2D eigenvalue weighted by molar-refractivity contribution is 4.57. The molecule has 0 amide bonds. The minimum absolute atomic E-state index is 0.525. The number of unbranched alkanes of at least 4 members (excludes halogenated alkanes) is 3. The van der Waals surface area contributed by atoms with Gasteiger partial charge in [-0.1, -0.05) is 46.0 Å². The first-order valence-corrected chi connectivity index (χ1v) is 5.37. The molecule has 12 heavy (non-hydrogen) atoms. The third-order valence-corrected chi connectivity index (χ3v) is 2.34. The van der Waals surface area contributed by atoms with Crippen LogP contribution in [0.15, 0.2) is 0 Å². The smallest absolute Gasteiger partial charge is 0.0571 e. The molecule has 0 rings (SSSR count). The maximum absolute atomic E-state index is 5.40. The maximum Gasteiger partial charge on any atom is 0.0571 e. The monoisotopic (exact) mass is 172 g/mol. The van der Waals surface area contributed by atoms with Crippen molar-refractivity contribution in [3.63, 3.8) is 0 Å². The zero-order chi connectivity index (χ0) is 9.23. The van der Waals surface area contributed by atoms with Crippen LogP contribution in [0.4, 0.5) is 0 Å². The lowest BCUT2D eigenvalue weighted by Crippen LogP contribution is -2.09. The van der Waals surface area contributed by atoms with Crippen molar-refractivity contribution >= 4 is 0 Å². The molecule has 0 N–H and O–H groups in total. The van der Waals surface area contributed by atoms with Crippen molar-refractivity contribution < 1.29 is 4.74 Å². The Morgan fingerprint density at radius 3 is 2.00 bits per heavy atom. The van der Waals surface area contributed by atoms with Crippen LogP contribution >= 0.6 is 0 Å². The van der Waals surface area contributed by atoms with E-state index in [2.05, 4.69) is 13.8 Å². The van der Waals surface area contributed by atoms with Gasteiger partial charge < -0.3 is 4.74 Å². The third kappa shape index (κ3) is 6.66. The van der Waals surface area contributed by atoms with E-state index in [9.17, 15) is 0 Å². The van der Waals surface area contributed by atoms with E-state index in [0.717, 1.165) is 0 Å². The van der Waals surface area contributed by atoms with Crippen molar-refractivity contribution in [1.82, 2.24) is 0 Å². The number of hydrogen-bond acceptors (Lipinski definition) is 1. The Balaban J connectivity index is 3.26. The van der Waals surface area contributed by atoms with Crippen LogP contribution in [0, 0.1) is 0 Å². The van der Waals surface area contributed by atoms with Gasteiger partial charge in [0.15, 0.2) is 0 Å². The highest BCUT2D eigenvalue weighted by Crippen LogP contribution is 2.12. The highest BCUT2D eigenvalue weighted by atomic mass is 16.5. The van der Waals surface area contributed by atoms with E-state index in [-0.39, 0.29) is 0 Å². The molecule has 1 atom stereocenters. The molecule has 0 spiro atoms. The first-order valence-electron chi connectivity index (χ1n) is 5.37. The first-order chi connectivity index (χ1) is 5.85. The summed E-state index contributed by atoms with van der Waals surface area (Å²) in [6.07, 6.45) is 9.62. The molecule has 74 valence electrons. The second-order valence-corrected chi connectivity index (χ2v) is 3.50. The third-order valence-electron chi connectivity index (χ3n) is 2.34. The summed E-state index contributed by atoms with van der Waals surface area (Å²) in [7, 11) is 1.84. The Hall–Kier alpha value is -0.0400. The quantitative estimate of drug-likeness (QED) is 0.506. The second kappa shape index (κ2) is 9.05. The summed E-state index contributed by atoms with van der Waals surface area (Å²) in [4.78, 5) is 0. The summed E-state index contributed by atoms with van der Waals surface area (Å²) < 4.78 is 5.40. The van der Waals surface area contributed by atoms with E-state index >= 15 is 0 Å². The average Bonchev–Trinajstić information content (AvgIpc) is 2.11. The molecule has 1 nitrogen and oxygen atoms in total. The lowest BCUT2D eigenvalue weighted by atomic mass is 10.1. The normalized spacial score (nSPS) is 13.2. The minimum atomic E-state index is 0.525. The number of hydrogen-bond donors (Lipinski definition) is 0. The van der Waals surface area contributed by atoms with Gasteiger partial charge in [-0.05, 0) is 12.8 Å². The van der Waals surface area contributed by atoms with Crippen molar-refractivity contribution in [2.45, 2.75) is 64.9 Å². The van der Waals surface area contributed by atoms with Gasteiger partial charge in [-0.3, -0.25) is 0 Å². The van der Waals surface area contributed by atoms with Crippen LogP contribution in [0.5, 0.6) is 0 Å². The Morgan fingerprint density at radius 1 is 0.917 bits per heavy atom. The molecule has 0 aliphatic carbocycles. The zero-order valence-corrected chi connectivity index (χ0v) is 8.94. The number of methoxy groups -OCH3 is 1. The van der Waals surface area contributed by atoms with E-state index in [1.54, 1.807) is 0 Å². The predicted molar refractivity (Wildman–Crippen MR) is 54.5 cm³/mol. The van der Waals surface area contributed by atoms with E-state index < -0.39 is 0 Å². The van der Waals surface area contributed by atoms with Gasteiger partial charge in [0.05, 0.1) is 6.10 Å². The van der Waals surface area contributed by atoms with Gasteiger partial charge in [0.2, 0.25) is 0 Å². The topological polar surface area (TPSA) is 9.23 Å². The Bertz CT molecular complexity index is 81.1. The number of rotatable bonds is 8. The largest absolute Gasteiger partial charge is 0.381 e. The average molecular weight is 172 g/mol. The van der Waals surface area contributed by atoms with E-state index in [4.69, 9.17) is 4.74 Å². The summed E-state index contributed by atoms with van der Waals surface area (Å²) in [5, 5.41) is 0. The summed E-state index contributed by atoms with van der Waals surface area (Å²) >= 11 is 0. The van der Waals surface area contributed by atoms with E-state index in [0.29, 0.717) is 6.10 Å². The molecule has 0 aliphatic heterocycles. The van der Waals surface area contributed by atoms with Gasteiger partial charge in [-0.15, -0.1) is 0 Å². The predicted octanol–water partition coefficient (Wildman–Crippen LogP) is 3.77. The summed E-state index contributed by atoms with van der Waals surface area (Å²) in [6, 6.07) is 0. The van der Waals surface area contributed by atoms with Crippen LogP contribution in [0.1, 0.15) is 58.8 Å². The van der Waals surface area contributed by atoms with Crippen molar-refractivity contribution in [3.05, 3.63) is 0 Å². The second-order valence-electron chi connectivity index (χ2n) is 3.50. The van der Waals surface area contributed by atoms with Crippen LogP contribution in [0.2, 0.25) is 0 Å². The van der Waals surface area contributed by atoms with Crippen molar-refractivity contribution in [1.29, 1.82) is 0 Å². The molecule has 0 saturated heterocycles. The van der Waals surface area contributed by atoms with Gasteiger partial charge >= 0.3 is 0 Å². The lowest BCUT2D eigenvalue weighted by molar-refractivity contribution is 0.0838. The molecule has 0 heterocycles. The summed E-state index contributed by atoms with van der Waals surface area (Å²) in [6.45, 7) is 4.48. The maximum atomic E-state index is 5.40. The molecule has 0 saturated carbocycles. The molecule has 0 aromatic rings. The van der Waals surface area contributed by atoms with Gasteiger partial charge in [-0.25, -0.2) is 0 Å². The molecular formula is C11H24O. The van der Waals surface area contributed by atoms with Crippen molar-refractivity contribution in [2.75, 3.05) is 7.11 Å². The van der Waals surface area contributed by atoms with E-state index in [1.165, 1.54) is 44.9 Å². The van der Waals surface area contributed by atoms with Crippen molar-refractivity contribution in [3.8, 4) is 0 Å². The lowest BCUT2D eigenvalue weighted by Gasteiger charge is -2.13. The van der Waals surface area contributed by atoms with E-state index in [1.807, 2.05) is 7.11 Å². The summed E-state index contributed by atoms with van der Waals surface area (Å²) in [5.41, 5.74) is 0. The molecule has 0 aromatic carbocycles. The van der Waals surface area contributed by atoms with Crippen molar-refractivity contribution in [2.24, 2.45) is 0 Å². The van der Waals surface area contributed by atoms with Gasteiger partial charge in [0, 0.05) is 7.11 Å². The van der Waals surface area contributed by atoms with Gasteiger partial charge in [-0.2, -0.15) is 0 Å². The standard InChI is InChI=1S/C11H24O/c1-4-6-8-10-11(12-3)9-7-5-2/h11H,4-10H2,1-3H3/t11-/m0/s1. The molecule has 0 aliphatic rings. The van der Waals surface area contributed by atoms with Crippen LogP contribution in [0.3, 0.4) is 0 Å². The minimum Gasteiger partial charge on any atom is -0.381 e. The van der Waals surface area contributed by atoms with Gasteiger partial charge in [0.25, 0.3) is 0 Å². The molecule has 0 bridgehead atoms. The van der Waals surface area contributed by atoms with Crippen LogP contribution in [-0.4, -0.2) is 13.2 Å². The van der Waals surface area contributed by atoms with Crippen LogP contribution in [-0.2, 0) is 4.74 Å². The number of ether oxygens (including phenoxy) is 1. The van der Waals surface area contributed by atoms with Crippen LogP contribution < -0.4 is 0 Å². The SMILES string of the molecule is CCCCC[C@H](CCCC)OC. The summed E-state index contributed by atoms with van der Waals surface area (Å²) in [5.74, 6) is 0. The molecule has 1 heteroatoms. The van der Waals surface area contributed by atoms with Gasteiger partial charge in [0.1, 0.15) is 0 Å². The van der Waals surface area contributed by atoms with Crippen LogP contribution in [0.25, 0.3) is 0 Å². The zero-order valence-electron chi connectivity index (χ0n) is 8.94. The first kappa shape index (κ1) is 12.0. The molecule has 0 aromatic heterocycles. The Labute approximate surface area is 77.5 Å². The fourth-order valence-corrected chi connectivity index (χ4v) is 1.43. The Kier molecular flexibility index (Phi) is 9.02. The highest BCUT2D eigenvalue weighted by Gasteiger charge is 2.04. The molecule has 0 fully saturated rings. The molecular weight excluding hydrogens is 148 g/mol. The Morgan fingerprint density at radius 2 is 1.50 bits per heavy atom. The fourth-order valence-electron chi connectivity index (χ4n) is 1.43. The molecule has 0 radical (unpaired) electrons. The molecule has 0 unspecified atom stereocenters.